The van der Waals surface area contributed by atoms with Crippen molar-refractivity contribution >= 4 is 17.5 Å². The van der Waals surface area contributed by atoms with Gasteiger partial charge in [-0.1, -0.05) is 42.5 Å². The molecule has 0 aliphatic carbocycles. The van der Waals surface area contributed by atoms with Gasteiger partial charge in [0.25, 0.3) is 5.91 Å². The van der Waals surface area contributed by atoms with Crippen molar-refractivity contribution in [3.05, 3.63) is 83.7 Å². The van der Waals surface area contributed by atoms with Gasteiger partial charge in [0.2, 0.25) is 5.95 Å². The monoisotopic (exact) mass is 343 g/mol. The Labute approximate surface area is 151 Å². The largest absolute Gasteiger partial charge is 0.354 e. The first kappa shape index (κ1) is 17.1. The van der Waals surface area contributed by atoms with Gasteiger partial charge in [-0.3, -0.25) is 4.79 Å². The smallest absolute Gasteiger partial charge is 0.274 e. The van der Waals surface area contributed by atoms with E-state index in [0.29, 0.717) is 23.7 Å². The topological polar surface area (TPSA) is 90.7 Å². The van der Waals surface area contributed by atoms with Crippen LogP contribution in [0.3, 0.4) is 0 Å². The van der Waals surface area contributed by atoms with Crippen molar-refractivity contribution in [1.82, 2.24) is 9.97 Å². The van der Waals surface area contributed by atoms with Crippen molar-refractivity contribution in [2.75, 3.05) is 17.2 Å². The number of carbonyl (C=O) groups is 1. The van der Waals surface area contributed by atoms with E-state index in [4.69, 9.17) is 5.26 Å². The van der Waals surface area contributed by atoms with Gasteiger partial charge in [0, 0.05) is 12.7 Å². The Bertz CT molecular complexity index is 934. The van der Waals surface area contributed by atoms with Gasteiger partial charge in [-0.2, -0.15) is 5.26 Å². The van der Waals surface area contributed by atoms with Gasteiger partial charge in [-0.25, -0.2) is 9.97 Å². The summed E-state index contributed by atoms with van der Waals surface area (Å²) in [5.74, 6) is 0.00311. The summed E-state index contributed by atoms with van der Waals surface area (Å²) < 4.78 is 0. The molecule has 1 aromatic heterocycles. The fourth-order valence-electron chi connectivity index (χ4n) is 2.41. The molecule has 0 saturated carbocycles. The molecule has 0 aliphatic heterocycles. The first-order valence-corrected chi connectivity index (χ1v) is 8.17. The number of aromatic nitrogens is 2. The lowest BCUT2D eigenvalue weighted by atomic mass is 10.1. The van der Waals surface area contributed by atoms with Gasteiger partial charge in [-0.05, 0) is 30.2 Å². The van der Waals surface area contributed by atoms with E-state index in [1.54, 1.807) is 24.3 Å². The SMILES string of the molecule is N#Cc1ccccc1NC(=O)c1ccnc(NCCc2ccccc2)n1. The van der Waals surface area contributed by atoms with Crippen LogP contribution in [0.5, 0.6) is 0 Å². The molecule has 3 aromatic rings. The van der Waals surface area contributed by atoms with Crippen LogP contribution in [0.25, 0.3) is 0 Å². The van der Waals surface area contributed by atoms with Crippen molar-refractivity contribution in [3.63, 3.8) is 0 Å². The van der Waals surface area contributed by atoms with Crippen LogP contribution < -0.4 is 10.6 Å². The molecule has 2 aromatic carbocycles. The lowest BCUT2D eigenvalue weighted by molar-refractivity contribution is 0.102. The molecule has 1 heterocycles. The maximum atomic E-state index is 12.4. The number of hydrogen-bond acceptors (Lipinski definition) is 5. The molecule has 0 spiro atoms. The molecule has 1 amide bonds. The molecule has 0 fully saturated rings. The Kier molecular flexibility index (Phi) is 5.53. The van der Waals surface area contributed by atoms with E-state index in [2.05, 4.69) is 32.7 Å². The van der Waals surface area contributed by atoms with Gasteiger partial charge in [0.1, 0.15) is 11.8 Å². The fourth-order valence-corrected chi connectivity index (χ4v) is 2.41. The van der Waals surface area contributed by atoms with Crippen molar-refractivity contribution < 1.29 is 4.79 Å². The minimum atomic E-state index is -0.388. The van der Waals surface area contributed by atoms with Gasteiger partial charge in [0.05, 0.1) is 11.3 Å². The standard InChI is InChI=1S/C20H17N5O/c21-14-16-8-4-5-9-17(16)24-19(26)18-11-13-23-20(25-18)22-12-10-15-6-2-1-3-7-15/h1-9,11,13H,10,12H2,(H,24,26)(H,22,23,25). The second-order valence-electron chi connectivity index (χ2n) is 5.54. The molecule has 0 aliphatic rings. The van der Waals surface area contributed by atoms with E-state index in [-0.39, 0.29) is 11.6 Å². The van der Waals surface area contributed by atoms with Gasteiger partial charge >= 0.3 is 0 Å². The minimum absolute atomic E-state index is 0.231. The molecular formula is C20H17N5O. The van der Waals surface area contributed by atoms with E-state index in [9.17, 15) is 4.79 Å². The minimum Gasteiger partial charge on any atom is -0.354 e. The first-order valence-electron chi connectivity index (χ1n) is 8.17. The number of anilines is 2. The average molecular weight is 343 g/mol. The van der Waals surface area contributed by atoms with Crippen LogP contribution in [0.15, 0.2) is 66.9 Å². The Morgan fingerprint density at radius 3 is 2.62 bits per heavy atom. The van der Waals surface area contributed by atoms with Crippen LogP contribution in [0, 0.1) is 11.3 Å². The van der Waals surface area contributed by atoms with Gasteiger partial charge < -0.3 is 10.6 Å². The highest BCUT2D eigenvalue weighted by atomic mass is 16.1. The highest BCUT2D eigenvalue weighted by molar-refractivity contribution is 6.03. The van der Waals surface area contributed by atoms with E-state index >= 15 is 0 Å². The molecule has 26 heavy (non-hydrogen) atoms. The van der Waals surface area contributed by atoms with Gasteiger partial charge in [-0.15, -0.1) is 0 Å². The normalized spacial score (nSPS) is 9.96. The molecule has 0 unspecified atom stereocenters. The zero-order valence-electron chi connectivity index (χ0n) is 14.0. The number of benzene rings is 2. The molecule has 128 valence electrons. The number of nitriles is 1. The summed E-state index contributed by atoms with van der Waals surface area (Å²) in [7, 11) is 0. The Morgan fingerprint density at radius 1 is 1.04 bits per heavy atom. The second kappa shape index (κ2) is 8.40. The third kappa shape index (κ3) is 4.42. The quantitative estimate of drug-likeness (QED) is 0.717. The van der Waals surface area contributed by atoms with Crippen molar-refractivity contribution in [3.8, 4) is 6.07 Å². The van der Waals surface area contributed by atoms with E-state index in [1.165, 1.54) is 17.8 Å². The molecule has 2 N–H and O–H groups in total. The first-order chi connectivity index (χ1) is 12.8. The Balaban J connectivity index is 1.63. The number of amides is 1. The van der Waals surface area contributed by atoms with E-state index in [0.717, 1.165) is 6.42 Å². The number of rotatable bonds is 6. The Morgan fingerprint density at radius 2 is 1.81 bits per heavy atom. The van der Waals surface area contributed by atoms with Crippen LogP contribution in [0.2, 0.25) is 0 Å². The zero-order chi connectivity index (χ0) is 18.2. The van der Waals surface area contributed by atoms with Crippen LogP contribution >= 0.6 is 0 Å². The summed E-state index contributed by atoms with van der Waals surface area (Å²) in [6, 6.07) is 20.5. The van der Waals surface area contributed by atoms with Crippen LogP contribution in [-0.4, -0.2) is 22.4 Å². The predicted molar refractivity (Wildman–Crippen MR) is 99.8 cm³/mol. The summed E-state index contributed by atoms with van der Waals surface area (Å²) in [5.41, 5.74) is 2.30. The van der Waals surface area contributed by atoms with E-state index in [1.807, 2.05) is 24.3 Å². The molecular weight excluding hydrogens is 326 g/mol. The molecule has 0 saturated heterocycles. The molecule has 6 nitrogen and oxygen atoms in total. The third-order valence-electron chi connectivity index (χ3n) is 3.72. The highest BCUT2D eigenvalue weighted by Gasteiger charge is 2.11. The van der Waals surface area contributed by atoms with E-state index < -0.39 is 0 Å². The molecule has 0 bridgehead atoms. The van der Waals surface area contributed by atoms with Crippen LogP contribution in [0.1, 0.15) is 21.6 Å². The van der Waals surface area contributed by atoms with Crippen molar-refractivity contribution in [1.29, 1.82) is 5.26 Å². The molecule has 6 heteroatoms. The van der Waals surface area contributed by atoms with Crippen LogP contribution in [-0.2, 0) is 6.42 Å². The maximum absolute atomic E-state index is 12.4. The van der Waals surface area contributed by atoms with Crippen molar-refractivity contribution in [2.24, 2.45) is 0 Å². The van der Waals surface area contributed by atoms with Gasteiger partial charge in [0.15, 0.2) is 0 Å². The predicted octanol–water partition coefficient (Wildman–Crippen LogP) is 3.26. The number of para-hydroxylation sites is 1. The fraction of sp³-hybridized carbons (Fsp3) is 0.100. The number of nitrogens with one attached hydrogen (secondary N) is 2. The third-order valence-corrected chi connectivity index (χ3v) is 3.72. The summed E-state index contributed by atoms with van der Waals surface area (Å²) >= 11 is 0. The summed E-state index contributed by atoms with van der Waals surface area (Å²) in [6.45, 7) is 0.659. The van der Waals surface area contributed by atoms with Crippen molar-refractivity contribution in [2.45, 2.75) is 6.42 Å². The van der Waals surface area contributed by atoms with Crippen LogP contribution in [0.4, 0.5) is 11.6 Å². The lowest BCUT2D eigenvalue weighted by Gasteiger charge is -2.08. The Hall–Kier alpha value is -3.72. The second-order valence-corrected chi connectivity index (χ2v) is 5.54. The number of hydrogen-bond donors (Lipinski definition) is 2. The number of nitrogens with zero attached hydrogens (tertiary/aromatic N) is 3. The molecule has 0 atom stereocenters. The maximum Gasteiger partial charge on any atom is 0.274 e. The summed E-state index contributed by atoms with van der Waals surface area (Å²) in [5, 5.41) is 14.9. The number of carbonyl (C=O) groups excluding carboxylic acids is 1. The summed E-state index contributed by atoms with van der Waals surface area (Å²) in [6.07, 6.45) is 2.36. The molecule has 0 radical (unpaired) electrons. The molecule has 3 rings (SSSR count). The highest BCUT2D eigenvalue weighted by Crippen LogP contribution is 2.14. The lowest BCUT2D eigenvalue weighted by Crippen LogP contribution is -2.16. The zero-order valence-corrected chi connectivity index (χ0v) is 14.0. The average Bonchev–Trinajstić information content (AvgIpc) is 2.69. The summed E-state index contributed by atoms with van der Waals surface area (Å²) in [4.78, 5) is 20.8.